The predicted octanol–water partition coefficient (Wildman–Crippen LogP) is 6.39. The molecule has 0 saturated heterocycles. The molecule has 0 spiro atoms. The van der Waals surface area contributed by atoms with Crippen molar-refractivity contribution in [2.45, 2.75) is 64.2 Å². The van der Waals surface area contributed by atoms with E-state index in [9.17, 15) is 18.0 Å². The first kappa shape index (κ1) is 31.8. The Bertz CT molecular complexity index is 1860. The second kappa shape index (κ2) is 13.2. The number of benzene rings is 2. The van der Waals surface area contributed by atoms with Crippen LogP contribution in [-0.2, 0) is 16.4 Å². The first-order chi connectivity index (χ1) is 21.1. The van der Waals surface area contributed by atoms with Gasteiger partial charge in [-0.2, -0.15) is 4.68 Å². The number of hydrogen-bond acceptors (Lipinski definition) is 6. The smallest absolute Gasteiger partial charge is 0.351 e. The molecule has 2 bridgehead atoms. The number of aryl methyl sites for hydroxylation is 1. The number of nitrogens with zero attached hydrogens (tertiary/aromatic N) is 3. The lowest BCUT2D eigenvalue weighted by Gasteiger charge is -2.17. The van der Waals surface area contributed by atoms with Crippen LogP contribution in [-0.4, -0.2) is 40.5 Å². The van der Waals surface area contributed by atoms with Crippen molar-refractivity contribution in [3.05, 3.63) is 109 Å². The SMILES string of the molecule is CCCCc1nn(-c2cc(NCCC)ccc2Cl)c(=O)n1C1C2=CC(CC(C)S(=O)(=O)NC(=O)c3ccccc3Cl)=C1C=C2. The van der Waals surface area contributed by atoms with E-state index in [2.05, 4.69) is 23.9 Å². The maximum absolute atomic E-state index is 14.1. The van der Waals surface area contributed by atoms with Crippen molar-refractivity contribution in [2.24, 2.45) is 0 Å². The van der Waals surface area contributed by atoms with E-state index < -0.39 is 27.2 Å². The molecular formula is C32H35Cl2N5O4S. The highest BCUT2D eigenvalue weighted by molar-refractivity contribution is 7.90. The summed E-state index contributed by atoms with van der Waals surface area (Å²) in [5.41, 5.74) is 3.60. The predicted molar refractivity (Wildman–Crippen MR) is 175 cm³/mol. The standard InChI is InChI=1S/C32H35Cl2N5O4S/c1-4-6-11-29-36-39(28-19-23(35-16-5-2)13-15-27(28)34)32(41)38(29)30-21-12-14-24(30)22(18-21)17-20(3)44(42,43)37-31(40)25-9-7-8-10-26(25)33/h7-10,12-15,18-20,30,35H,4-6,11,16-17H2,1-3H3,(H,37,40). The maximum atomic E-state index is 14.1. The van der Waals surface area contributed by atoms with Gasteiger partial charge in [0.2, 0.25) is 10.0 Å². The van der Waals surface area contributed by atoms with E-state index in [0.29, 0.717) is 23.0 Å². The van der Waals surface area contributed by atoms with Gasteiger partial charge in [0.05, 0.1) is 32.6 Å². The molecular weight excluding hydrogens is 621 g/mol. The Morgan fingerprint density at radius 1 is 1.07 bits per heavy atom. The summed E-state index contributed by atoms with van der Waals surface area (Å²) in [4.78, 5) is 26.8. The number of sulfonamides is 1. The largest absolute Gasteiger partial charge is 0.385 e. The number of fused-ring (bicyclic) bond motifs is 2. The zero-order valence-electron chi connectivity index (χ0n) is 24.8. The molecule has 0 fully saturated rings. The second-order valence-electron chi connectivity index (χ2n) is 11.0. The molecule has 2 atom stereocenters. The molecule has 1 aromatic heterocycles. The van der Waals surface area contributed by atoms with Crippen molar-refractivity contribution in [3.8, 4) is 5.69 Å². The fraction of sp³-hybridized carbons (Fsp3) is 0.344. The highest BCUT2D eigenvalue weighted by Crippen LogP contribution is 2.44. The minimum Gasteiger partial charge on any atom is -0.385 e. The van der Waals surface area contributed by atoms with E-state index in [1.165, 1.54) is 16.8 Å². The van der Waals surface area contributed by atoms with Gasteiger partial charge in [0.15, 0.2) is 0 Å². The fourth-order valence-electron chi connectivity index (χ4n) is 5.45. The van der Waals surface area contributed by atoms with Gasteiger partial charge in [0.1, 0.15) is 5.82 Å². The molecule has 0 saturated carbocycles. The summed E-state index contributed by atoms with van der Waals surface area (Å²) < 4.78 is 31.5. The van der Waals surface area contributed by atoms with Crippen LogP contribution >= 0.6 is 23.2 Å². The number of carbonyl (C=O) groups is 1. The van der Waals surface area contributed by atoms with Gasteiger partial charge in [0.25, 0.3) is 5.91 Å². The van der Waals surface area contributed by atoms with Gasteiger partial charge in [-0.3, -0.25) is 9.36 Å². The first-order valence-corrected chi connectivity index (χ1v) is 17.0. The first-order valence-electron chi connectivity index (χ1n) is 14.7. The number of anilines is 1. The molecule has 2 N–H and O–H groups in total. The molecule has 0 aliphatic heterocycles. The Morgan fingerprint density at radius 2 is 1.84 bits per heavy atom. The van der Waals surface area contributed by atoms with Crippen LogP contribution in [0.25, 0.3) is 5.69 Å². The van der Waals surface area contributed by atoms with Crippen LogP contribution in [0.15, 0.2) is 82.2 Å². The zero-order valence-corrected chi connectivity index (χ0v) is 27.1. The Balaban J connectivity index is 1.45. The molecule has 1 amide bonds. The quantitative estimate of drug-likeness (QED) is 0.220. The maximum Gasteiger partial charge on any atom is 0.351 e. The van der Waals surface area contributed by atoms with Gasteiger partial charge in [-0.05, 0) is 73.2 Å². The van der Waals surface area contributed by atoms with Crippen LogP contribution in [0.3, 0.4) is 0 Å². The molecule has 2 aliphatic rings. The highest BCUT2D eigenvalue weighted by atomic mass is 35.5. The molecule has 44 heavy (non-hydrogen) atoms. The van der Waals surface area contributed by atoms with Crippen molar-refractivity contribution in [3.63, 3.8) is 0 Å². The van der Waals surface area contributed by atoms with Crippen molar-refractivity contribution >= 4 is 44.8 Å². The van der Waals surface area contributed by atoms with Crippen LogP contribution < -0.4 is 15.7 Å². The molecule has 3 aromatic rings. The fourth-order valence-corrected chi connectivity index (χ4v) is 6.84. The second-order valence-corrected chi connectivity index (χ2v) is 13.9. The number of nitrogens with one attached hydrogen (secondary N) is 2. The lowest BCUT2D eigenvalue weighted by Crippen LogP contribution is -2.37. The summed E-state index contributed by atoms with van der Waals surface area (Å²) >= 11 is 12.7. The van der Waals surface area contributed by atoms with E-state index in [0.717, 1.165) is 48.2 Å². The van der Waals surface area contributed by atoms with Crippen molar-refractivity contribution in [1.29, 1.82) is 0 Å². The van der Waals surface area contributed by atoms with Gasteiger partial charge in [-0.1, -0.05) is 73.8 Å². The Labute approximate surface area is 267 Å². The molecule has 12 heteroatoms. The van der Waals surface area contributed by atoms with Gasteiger partial charge in [0, 0.05) is 18.7 Å². The summed E-state index contributed by atoms with van der Waals surface area (Å²) in [5, 5.41) is 7.73. The number of hydrogen-bond donors (Lipinski definition) is 2. The Hall–Kier alpha value is -3.60. The van der Waals surface area contributed by atoms with Gasteiger partial charge in [-0.15, -0.1) is 5.10 Å². The van der Waals surface area contributed by atoms with Crippen LogP contribution in [0, 0.1) is 0 Å². The van der Waals surface area contributed by atoms with Gasteiger partial charge >= 0.3 is 5.69 Å². The number of halogens is 2. The number of unbranched alkanes of at least 4 members (excludes halogenated alkanes) is 1. The minimum atomic E-state index is -4.04. The number of allylic oxidation sites excluding steroid dienone is 6. The highest BCUT2D eigenvalue weighted by Gasteiger charge is 2.36. The molecule has 2 aliphatic carbocycles. The van der Waals surface area contributed by atoms with E-state index in [4.69, 9.17) is 28.3 Å². The van der Waals surface area contributed by atoms with E-state index >= 15 is 0 Å². The number of rotatable bonds is 13. The van der Waals surface area contributed by atoms with Crippen LogP contribution in [0.5, 0.6) is 0 Å². The number of carbonyl (C=O) groups excluding carboxylic acids is 1. The number of aromatic nitrogens is 3. The Kier molecular flexibility index (Phi) is 9.53. The van der Waals surface area contributed by atoms with Crippen LogP contribution in [0.1, 0.15) is 68.7 Å². The van der Waals surface area contributed by atoms with Gasteiger partial charge < -0.3 is 5.32 Å². The van der Waals surface area contributed by atoms with Crippen molar-refractivity contribution in [2.75, 3.05) is 11.9 Å². The third kappa shape index (κ3) is 6.29. The van der Waals surface area contributed by atoms with E-state index in [1.54, 1.807) is 29.7 Å². The summed E-state index contributed by atoms with van der Waals surface area (Å²) in [6.07, 6.45) is 9.25. The summed E-state index contributed by atoms with van der Waals surface area (Å²) in [6.45, 7) is 6.49. The number of amides is 1. The van der Waals surface area contributed by atoms with E-state index in [1.807, 2.05) is 30.4 Å². The normalized spacial score (nSPS) is 16.4. The average molecular weight is 657 g/mol. The zero-order chi connectivity index (χ0) is 31.6. The molecule has 2 aromatic carbocycles. The third-order valence-electron chi connectivity index (χ3n) is 7.81. The summed E-state index contributed by atoms with van der Waals surface area (Å²) in [5.74, 6) is -0.151. The third-order valence-corrected chi connectivity index (χ3v) is 10.2. The van der Waals surface area contributed by atoms with Crippen LogP contribution in [0.2, 0.25) is 10.0 Å². The lowest BCUT2D eigenvalue weighted by atomic mass is 10.0. The topological polar surface area (TPSA) is 115 Å². The lowest BCUT2D eigenvalue weighted by molar-refractivity contribution is 0.0981. The molecule has 5 rings (SSSR count). The molecule has 1 heterocycles. The Morgan fingerprint density at radius 3 is 2.57 bits per heavy atom. The van der Waals surface area contributed by atoms with Crippen molar-refractivity contribution < 1.29 is 13.2 Å². The molecule has 232 valence electrons. The monoisotopic (exact) mass is 655 g/mol. The average Bonchev–Trinajstić information content (AvgIpc) is 3.65. The molecule has 0 radical (unpaired) electrons. The van der Waals surface area contributed by atoms with Gasteiger partial charge in [-0.25, -0.2) is 17.9 Å². The molecule has 2 unspecified atom stereocenters. The molecule has 9 nitrogen and oxygen atoms in total. The van der Waals surface area contributed by atoms with E-state index in [-0.39, 0.29) is 22.7 Å². The van der Waals surface area contributed by atoms with Crippen LogP contribution in [0.4, 0.5) is 5.69 Å². The van der Waals surface area contributed by atoms with Crippen molar-refractivity contribution in [1.82, 2.24) is 19.1 Å². The minimum absolute atomic E-state index is 0.0831. The summed E-state index contributed by atoms with van der Waals surface area (Å²) in [7, 11) is -4.04. The summed E-state index contributed by atoms with van der Waals surface area (Å²) in [6, 6.07) is 11.3.